The number of para-hydroxylation sites is 4. The van der Waals surface area contributed by atoms with Gasteiger partial charge in [0.2, 0.25) is 0 Å². The van der Waals surface area contributed by atoms with Gasteiger partial charge in [-0.2, -0.15) is 0 Å². The maximum absolute atomic E-state index is 12.1. The molecule has 0 atom stereocenters. The van der Waals surface area contributed by atoms with Gasteiger partial charge in [-0.1, -0.05) is 83.7 Å². The summed E-state index contributed by atoms with van der Waals surface area (Å²) in [5, 5.41) is 47.3. The Labute approximate surface area is 347 Å². The molecule has 0 saturated heterocycles. The van der Waals surface area contributed by atoms with Crippen LogP contribution in [-0.2, 0) is 33.0 Å². The van der Waals surface area contributed by atoms with Crippen molar-refractivity contribution in [1.82, 2.24) is 9.97 Å². The molecule has 290 valence electrons. The smallest absolute Gasteiger partial charge is 0.872 e. The first-order valence-electron chi connectivity index (χ1n) is 16.7. The SMILES string of the molecule is COc1ccc(/C([O-])=C/C(C)=Nc2ccccc2[O-])cc1.COc1ccc(/C([O-])=C/C(C)=Nc2ccccc2[O-])cc1.[Ni+2].[Ni+2].c1cc(-c2ccncc2)ccn1. The van der Waals surface area contributed by atoms with Gasteiger partial charge in [0.1, 0.15) is 11.5 Å². The molecule has 0 fully saturated rings. The van der Waals surface area contributed by atoms with Gasteiger partial charge in [0.25, 0.3) is 0 Å². The maximum Gasteiger partial charge on any atom is 2.00 e. The number of ether oxygens (including phenoxy) is 2. The summed E-state index contributed by atoms with van der Waals surface area (Å²) in [6, 6.07) is 34.5. The fourth-order valence-corrected chi connectivity index (χ4v) is 4.69. The first kappa shape index (κ1) is 45.9. The average molecular weight is 836 g/mol. The number of methoxy groups -OCH3 is 2. The van der Waals surface area contributed by atoms with Crippen LogP contribution in [0.1, 0.15) is 25.0 Å². The molecule has 0 saturated carbocycles. The van der Waals surface area contributed by atoms with E-state index >= 15 is 0 Å². The Morgan fingerprint density at radius 1 is 0.500 bits per heavy atom. The minimum atomic E-state index is -0.165. The Morgan fingerprint density at radius 3 is 1.12 bits per heavy atom. The minimum absolute atomic E-state index is 0. The summed E-state index contributed by atoms with van der Waals surface area (Å²) in [6.45, 7) is 3.38. The number of allylic oxidation sites excluding steroid dienone is 2. The summed E-state index contributed by atoms with van der Waals surface area (Å²) >= 11 is 0. The van der Waals surface area contributed by atoms with Crippen molar-refractivity contribution in [3.8, 4) is 34.1 Å². The van der Waals surface area contributed by atoms with E-state index in [2.05, 4.69) is 20.0 Å². The summed E-state index contributed by atoms with van der Waals surface area (Å²) < 4.78 is 10.1. The van der Waals surface area contributed by atoms with Gasteiger partial charge in [-0.25, -0.2) is 0 Å². The molecule has 0 aliphatic carbocycles. The molecule has 0 aliphatic rings. The second kappa shape index (κ2) is 24.2. The fourth-order valence-electron chi connectivity index (χ4n) is 4.69. The van der Waals surface area contributed by atoms with Gasteiger partial charge in [-0.05, 0) is 109 Å². The number of rotatable bonds is 9. The topological polar surface area (TPSA) is 161 Å². The van der Waals surface area contributed by atoms with Gasteiger partial charge in [-0.3, -0.25) is 20.0 Å². The Kier molecular flexibility index (Phi) is 19.9. The Balaban J connectivity index is 0.000000295. The standard InChI is InChI=1S/2C17H17NO3.C10H8N2.2Ni/c2*1-12(18-15-5-3-4-6-16(15)19)11-17(20)13-7-9-14(21-2)10-8-13;1-5-11-6-2-9(1)10-3-7-12-8-4-10;;/h2*3-11,19-20H,1-2H3;1-8H;;/q;;;2*+2/p-4/b2*17-11-,18-12?;;;. The van der Waals surface area contributed by atoms with Gasteiger partial charge in [-0.15, -0.1) is 0 Å². The Hall–Kier alpha value is -6.21. The van der Waals surface area contributed by atoms with Crippen LogP contribution in [0.2, 0.25) is 0 Å². The molecule has 12 heteroatoms. The zero-order chi connectivity index (χ0) is 38.7. The molecule has 6 aromatic rings. The molecular weight excluding hydrogens is 798 g/mol. The van der Waals surface area contributed by atoms with Crippen molar-refractivity contribution in [1.29, 1.82) is 0 Å². The molecule has 0 amide bonds. The zero-order valence-corrected chi connectivity index (χ0v) is 32.9. The summed E-state index contributed by atoms with van der Waals surface area (Å²) in [4.78, 5) is 16.2. The molecule has 6 rings (SSSR count). The van der Waals surface area contributed by atoms with Crippen LogP contribution in [0.4, 0.5) is 11.4 Å². The van der Waals surface area contributed by atoms with Crippen molar-refractivity contribution in [2.45, 2.75) is 13.8 Å². The van der Waals surface area contributed by atoms with Crippen LogP contribution < -0.4 is 29.9 Å². The van der Waals surface area contributed by atoms with E-state index in [4.69, 9.17) is 9.47 Å². The third-order valence-electron chi connectivity index (χ3n) is 7.45. The first-order chi connectivity index (χ1) is 26.2. The normalized spacial score (nSPS) is 11.3. The van der Waals surface area contributed by atoms with Crippen LogP contribution >= 0.6 is 0 Å². The number of hydrogen-bond donors (Lipinski definition) is 0. The number of aromatic nitrogens is 2. The molecule has 10 nitrogen and oxygen atoms in total. The quantitative estimate of drug-likeness (QED) is 0.0888. The van der Waals surface area contributed by atoms with Crippen molar-refractivity contribution in [3.05, 3.63) is 169 Å². The van der Waals surface area contributed by atoms with Gasteiger partial charge < -0.3 is 29.9 Å². The van der Waals surface area contributed by atoms with Gasteiger partial charge in [0.05, 0.1) is 25.6 Å². The maximum atomic E-state index is 12.1. The monoisotopic (exact) mass is 834 g/mol. The van der Waals surface area contributed by atoms with Crippen LogP contribution in [0.3, 0.4) is 0 Å². The van der Waals surface area contributed by atoms with Crippen molar-refractivity contribution < 1.29 is 62.9 Å². The van der Waals surface area contributed by atoms with Crippen molar-refractivity contribution in [3.63, 3.8) is 0 Å². The number of pyridine rings is 2. The average Bonchev–Trinajstić information content (AvgIpc) is 3.21. The van der Waals surface area contributed by atoms with Crippen LogP contribution in [-0.4, -0.2) is 35.6 Å². The largest absolute Gasteiger partial charge is 2.00 e. The Morgan fingerprint density at radius 2 is 0.821 bits per heavy atom. The van der Waals surface area contributed by atoms with Crippen LogP contribution in [0.25, 0.3) is 22.6 Å². The first-order valence-corrected chi connectivity index (χ1v) is 16.7. The second-order valence-electron chi connectivity index (χ2n) is 11.4. The van der Waals surface area contributed by atoms with Crippen molar-refractivity contribution >= 4 is 34.3 Å². The van der Waals surface area contributed by atoms with Crippen LogP contribution in [0.5, 0.6) is 23.0 Å². The van der Waals surface area contributed by atoms with Crippen molar-refractivity contribution in [2.24, 2.45) is 9.98 Å². The molecular formula is C44H38N4Ni2O6. The van der Waals surface area contributed by atoms with Gasteiger partial charge in [0, 0.05) is 36.2 Å². The number of benzene rings is 4. The molecule has 0 spiro atoms. The molecule has 2 heterocycles. The van der Waals surface area contributed by atoms with E-state index in [0.717, 1.165) is 0 Å². The predicted octanol–water partition coefficient (Wildman–Crippen LogP) is 6.66. The molecule has 0 bridgehead atoms. The summed E-state index contributed by atoms with van der Waals surface area (Å²) in [7, 11) is 3.14. The third kappa shape index (κ3) is 14.9. The van der Waals surface area contributed by atoms with E-state index in [1.165, 1.54) is 35.4 Å². The Bertz CT molecular complexity index is 2040. The molecule has 4 aromatic carbocycles. The number of nitrogens with zero attached hydrogens (tertiary/aromatic N) is 4. The number of aliphatic imine (C=N–C) groups is 2. The fraction of sp³-hybridized carbons (Fsp3) is 0.0909. The summed E-state index contributed by atoms with van der Waals surface area (Å²) in [5.74, 6) is 0.725. The van der Waals surface area contributed by atoms with Gasteiger partial charge >= 0.3 is 33.0 Å². The predicted molar refractivity (Wildman–Crippen MR) is 207 cm³/mol. The van der Waals surface area contributed by atoms with Gasteiger partial charge in [0.15, 0.2) is 0 Å². The van der Waals surface area contributed by atoms with E-state index in [9.17, 15) is 20.4 Å². The summed E-state index contributed by atoms with van der Waals surface area (Å²) in [5.41, 5.74) is 5.06. The number of hydrogen-bond acceptors (Lipinski definition) is 10. The third-order valence-corrected chi connectivity index (χ3v) is 7.45. The molecule has 0 N–H and O–H groups in total. The minimum Gasteiger partial charge on any atom is -0.872 e. The zero-order valence-electron chi connectivity index (χ0n) is 30.9. The van der Waals surface area contributed by atoms with E-state index in [0.29, 0.717) is 45.4 Å². The second-order valence-corrected chi connectivity index (χ2v) is 11.4. The molecule has 56 heavy (non-hydrogen) atoms. The van der Waals surface area contributed by atoms with E-state index in [1.807, 2.05) is 24.3 Å². The van der Waals surface area contributed by atoms with Crippen LogP contribution in [0, 0.1) is 0 Å². The van der Waals surface area contributed by atoms with E-state index < -0.39 is 0 Å². The van der Waals surface area contributed by atoms with Crippen LogP contribution in [0.15, 0.2) is 168 Å². The molecule has 0 radical (unpaired) electrons. The molecule has 0 aliphatic heterocycles. The molecule has 2 aromatic heterocycles. The molecule has 0 unspecified atom stereocenters. The van der Waals surface area contributed by atoms with E-state index in [1.54, 1.807) is 138 Å². The summed E-state index contributed by atoms with van der Waals surface area (Å²) in [6.07, 6.45) is 9.97. The van der Waals surface area contributed by atoms with Crippen molar-refractivity contribution in [2.75, 3.05) is 14.2 Å². The van der Waals surface area contributed by atoms with E-state index in [-0.39, 0.29) is 56.0 Å².